The number of carbonyl (C=O) groups excluding carboxylic acids is 3. The van der Waals surface area contributed by atoms with Crippen LogP contribution >= 0.6 is 0 Å². The normalized spacial score (nSPS) is 15.3. The number of ketones is 1. The highest BCUT2D eigenvalue weighted by Crippen LogP contribution is 2.27. The molecule has 0 radical (unpaired) electrons. The van der Waals surface area contributed by atoms with Gasteiger partial charge in [0, 0.05) is 29.1 Å². The van der Waals surface area contributed by atoms with Crippen LogP contribution in [0.3, 0.4) is 0 Å². The molecule has 9 heteroatoms. The number of ether oxygens (including phenoxy) is 2. The Labute approximate surface area is 184 Å². The number of rotatable bonds is 6. The summed E-state index contributed by atoms with van der Waals surface area (Å²) in [5, 5.41) is 4.18. The molecular formula is C23H22N4O5. The molecule has 0 unspecified atom stereocenters. The molecule has 0 aliphatic carbocycles. The van der Waals surface area contributed by atoms with Gasteiger partial charge in [-0.15, -0.1) is 0 Å². The lowest BCUT2D eigenvalue weighted by atomic mass is 10.0. The van der Waals surface area contributed by atoms with Crippen LogP contribution in [0.15, 0.2) is 48.8 Å². The van der Waals surface area contributed by atoms with Gasteiger partial charge in [0.05, 0.1) is 32.5 Å². The molecule has 3 heterocycles. The van der Waals surface area contributed by atoms with Crippen LogP contribution in [0.2, 0.25) is 0 Å². The molecule has 0 fully saturated rings. The van der Waals surface area contributed by atoms with Gasteiger partial charge in [-0.3, -0.25) is 14.3 Å². The molecule has 0 N–H and O–H groups in total. The van der Waals surface area contributed by atoms with E-state index in [0.717, 1.165) is 0 Å². The summed E-state index contributed by atoms with van der Waals surface area (Å²) in [5.74, 6) is -0.684. The minimum Gasteiger partial charge on any atom is -0.481 e. The smallest absolute Gasteiger partial charge is 0.342 e. The molecule has 1 aliphatic heterocycles. The van der Waals surface area contributed by atoms with E-state index < -0.39 is 5.97 Å². The fraction of sp³-hybridized carbons (Fsp3) is 0.261. The maximum absolute atomic E-state index is 13.3. The van der Waals surface area contributed by atoms with Crippen molar-refractivity contribution < 1.29 is 23.9 Å². The summed E-state index contributed by atoms with van der Waals surface area (Å²) in [5.41, 5.74) is 1.87. The van der Waals surface area contributed by atoms with Crippen LogP contribution in [0.1, 0.15) is 50.6 Å². The molecule has 1 atom stereocenters. The highest BCUT2D eigenvalue weighted by atomic mass is 16.5. The molecule has 1 aromatic carbocycles. The van der Waals surface area contributed by atoms with Gasteiger partial charge in [0.15, 0.2) is 5.78 Å². The molecular weight excluding hydrogens is 412 g/mol. The quantitative estimate of drug-likeness (QED) is 0.434. The van der Waals surface area contributed by atoms with Gasteiger partial charge < -0.3 is 14.4 Å². The first-order valence-electron chi connectivity index (χ1n) is 10.2. The highest BCUT2D eigenvalue weighted by Gasteiger charge is 2.36. The first-order chi connectivity index (χ1) is 15.4. The summed E-state index contributed by atoms with van der Waals surface area (Å²) in [6.45, 7) is 4.24. The van der Waals surface area contributed by atoms with Crippen molar-refractivity contribution in [3.63, 3.8) is 0 Å². The van der Waals surface area contributed by atoms with Crippen molar-refractivity contribution in [1.82, 2.24) is 14.8 Å². The molecule has 0 saturated carbocycles. The topological polar surface area (TPSA) is 104 Å². The number of pyridine rings is 1. The van der Waals surface area contributed by atoms with Gasteiger partial charge in [-0.2, -0.15) is 5.10 Å². The SMILES string of the molecule is CCOC(=O)c1cnn2c1C(=O)N(c1ccc(C(=O)c3ccc(OC)nc3)cc1)[C@@H](C)C2. The van der Waals surface area contributed by atoms with Crippen LogP contribution in [0, 0.1) is 0 Å². The third kappa shape index (κ3) is 3.73. The highest BCUT2D eigenvalue weighted by molar-refractivity contribution is 6.12. The Kier molecular flexibility index (Phi) is 5.72. The first kappa shape index (κ1) is 21.2. The zero-order valence-corrected chi connectivity index (χ0v) is 17.9. The number of carbonyl (C=O) groups is 3. The standard InChI is InChI=1S/C23H22N4O5/c1-4-32-23(30)18-12-25-26-13-14(2)27(22(29)20(18)26)17-8-5-15(6-9-17)21(28)16-7-10-19(31-3)24-11-16/h5-12,14H,4,13H2,1-3H3/t14-/m0/s1. The lowest BCUT2D eigenvalue weighted by Crippen LogP contribution is -2.47. The van der Waals surface area contributed by atoms with Gasteiger partial charge >= 0.3 is 5.97 Å². The Morgan fingerprint density at radius 3 is 2.44 bits per heavy atom. The second kappa shape index (κ2) is 8.62. The number of esters is 1. The molecule has 164 valence electrons. The molecule has 0 saturated heterocycles. The van der Waals surface area contributed by atoms with Crippen LogP contribution in [0.4, 0.5) is 5.69 Å². The molecule has 4 rings (SSSR count). The van der Waals surface area contributed by atoms with E-state index in [4.69, 9.17) is 9.47 Å². The maximum Gasteiger partial charge on any atom is 0.342 e. The van der Waals surface area contributed by atoms with Crippen molar-refractivity contribution in [3.05, 3.63) is 71.2 Å². The summed E-state index contributed by atoms with van der Waals surface area (Å²) >= 11 is 0. The van der Waals surface area contributed by atoms with E-state index in [1.54, 1.807) is 48.2 Å². The predicted molar refractivity (Wildman–Crippen MR) is 115 cm³/mol. The number of amides is 1. The molecule has 1 amide bonds. The van der Waals surface area contributed by atoms with E-state index >= 15 is 0 Å². The van der Waals surface area contributed by atoms with Crippen LogP contribution in [-0.2, 0) is 11.3 Å². The number of hydrogen-bond acceptors (Lipinski definition) is 7. The fourth-order valence-corrected chi connectivity index (χ4v) is 3.70. The first-order valence-corrected chi connectivity index (χ1v) is 10.2. The van der Waals surface area contributed by atoms with Crippen LogP contribution < -0.4 is 9.64 Å². The van der Waals surface area contributed by atoms with Gasteiger partial charge in [0.1, 0.15) is 11.3 Å². The number of benzene rings is 1. The van der Waals surface area contributed by atoms with Crippen LogP contribution in [0.25, 0.3) is 0 Å². The number of anilines is 1. The second-order valence-electron chi connectivity index (χ2n) is 7.30. The Bertz CT molecular complexity index is 1170. The van der Waals surface area contributed by atoms with Crippen LogP contribution in [0.5, 0.6) is 5.88 Å². The summed E-state index contributed by atoms with van der Waals surface area (Å²) in [4.78, 5) is 43.9. The minimum absolute atomic E-state index is 0.146. The Hall–Kier alpha value is -4.01. The lowest BCUT2D eigenvalue weighted by molar-refractivity contribution is 0.0522. The zero-order chi connectivity index (χ0) is 22.8. The van der Waals surface area contributed by atoms with Crippen molar-refractivity contribution in [2.24, 2.45) is 0 Å². The van der Waals surface area contributed by atoms with Crippen molar-refractivity contribution in [2.45, 2.75) is 26.4 Å². The molecule has 1 aliphatic rings. The van der Waals surface area contributed by atoms with Crippen LogP contribution in [-0.4, -0.2) is 52.2 Å². The number of hydrogen-bond donors (Lipinski definition) is 0. The number of nitrogens with zero attached hydrogens (tertiary/aromatic N) is 4. The van der Waals surface area contributed by atoms with E-state index in [1.807, 2.05) is 6.92 Å². The van der Waals surface area contributed by atoms with Crippen molar-refractivity contribution in [2.75, 3.05) is 18.6 Å². The van der Waals surface area contributed by atoms with E-state index in [2.05, 4.69) is 10.1 Å². The van der Waals surface area contributed by atoms with Crippen molar-refractivity contribution in [1.29, 1.82) is 0 Å². The Morgan fingerprint density at radius 1 is 1.09 bits per heavy atom. The molecule has 3 aromatic rings. The number of aromatic nitrogens is 3. The van der Waals surface area contributed by atoms with E-state index in [1.165, 1.54) is 24.2 Å². The maximum atomic E-state index is 13.3. The Morgan fingerprint density at radius 2 is 1.81 bits per heavy atom. The fourth-order valence-electron chi connectivity index (χ4n) is 3.70. The molecule has 0 spiro atoms. The largest absolute Gasteiger partial charge is 0.481 e. The zero-order valence-electron chi connectivity index (χ0n) is 17.9. The van der Waals surface area contributed by atoms with Crippen molar-refractivity contribution in [3.8, 4) is 5.88 Å². The average Bonchev–Trinajstić information content (AvgIpc) is 3.23. The summed E-state index contributed by atoms with van der Waals surface area (Å²) < 4.78 is 11.6. The molecule has 0 bridgehead atoms. The second-order valence-corrected chi connectivity index (χ2v) is 7.30. The van der Waals surface area contributed by atoms with Crippen molar-refractivity contribution >= 4 is 23.3 Å². The minimum atomic E-state index is -0.578. The summed E-state index contributed by atoms with van der Waals surface area (Å²) in [6.07, 6.45) is 2.83. The van der Waals surface area contributed by atoms with E-state index in [-0.39, 0.29) is 35.6 Å². The number of fused-ring (bicyclic) bond motifs is 1. The third-order valence-corrected chi connectivity index (χ3v) is 5.25. The summed E-state index contributed by atoms with van der Waals surface area (Å²) in [7, 11) is 1.51. The monoisotopic (exact) mass is 434 g/mol. The lowest BCUT2D eigenvalue weighted by Gasteiger charge is -2.34. The third-order valence-electron chi connectivity index (χ3n) is 5.25. The average molecular weight is 434 g/mol. The van der Waals surface area contributed by atoms with Gasteiger partial charge in [-0.25, -0.2) is 9.78 Å². The number of methoxy groups -OCH3 is 1. The predicted octanol–water partition coefficient (Wildman–Crippen LogP) is 2.74. The summed E-state index contributed by atoms with van der Waals surface area (Å²) in [6, 6.07) is 9.84. The van der Waals surface area contributed by atoms with Gasteiger partial charge in [-0.05, 0) is 44.2 Å². The van der Waals surface area contributed by atoms with E-state index in [9.17, 15) is 14.4 Å². The Balaban J connectivity index is 1.60. The van der Waals surface area contributed by atoms with Gasteiger partial charge in [0.2, 0.25) is 5.88 Å². The van der Waals surface area contributed by atoms with E-state index in [0.29, 0.717) is 29.2 Å². The molecule has 9 nitrogen and oxygen atoms in total. The molecule has 2 aromatic heterocycles. The molecule has 32 heavy (non-hydrogen) atoms. The van der Waals surface area contributed by atoms with Gasteiger partial charge in [0.25, 0.3) is 5.91 Å². The van der Waals surface area contributed by atoms with Gasteiger partial charge in [-0.1, -0.05) is 0 Å².